The van der Waals surface area contributed by atoms with Gasteiger partial charge in [-0.15, -0.1) is 0 Å². The van der Waals surface area contributed by atoms with Gasteiger partial charge in [0.1, 0.15) is 0 Å². The minimum atomic E-state index is -0.145. The average molecular weight is 266 g/mol. The summed E-state index contributed by atoms with van der Waals surface area (Å²) in [5.74, 6) is 1.22. The molecule has 2 saturated heterocycles. The Bertz CT molecular complexity index is 450. The molecule has 0 radical (unpaired) electrons. The highest BCUT2D eigenvalue weighted by Gasteiger charge is 2.50. The number of aromatic hydroxyl groups is 1. The molecule has 1 N–H and O–H groups in total. The van der Waals surface area contributed by atoms with Gasteiger partial charge >= 0.3 is 0 Å². The van der Waals surface area contributed by atoms with E-state index in [1.165, 1.54) is 14.2 Å². The van der Waals surface area contributed by atoms with Gasteiger partial charge in [-0.05, 0) is 17.7 Å². The Balaban J connectivity index is 2.09. The standard InChI is InChI=1S/C14H18O5/c1-16-11-3-9(4-12(17-2)13(11)15)14-7-18-5-10(14)6-19-8-14/h3-4,10,15H,5-8H2,1-2H3. The van der Waals surface area contributed by atoms with E-state index in [0.717, 1.165) is 5.56 Å². The molecule has 2 heterocycles. The van der Waals surface area contributed by atoms with Crippen LogP contribution in [-0.4, -0.2) is 45.8 Å². The van der Waals surface area contributed by atoms with Crippen LogP contribution in [0.25, 0.3) is 0 Å². The number of phenolic OH excluding ortho intramolecular Hbond substituents is 1. The molecule has 2 fully saturated rings. The molecular formula is C14H18O5. The predicted molar refractivity (Wildman–Crippen MR) is 68.0 cm³/mol. The number of phenols is 1. The Kier molecular flexibility index (Phi) is 3.03. The highest BCUT2D eigenvalue weighted by molar-refractivity contribution is 5.55. The van der Waals surface area contributed by atoms with Gasteiger partial charge < -0.3 is 24.1 Å². The second-order valence-electron chi connectivity index (χ2n) is 5.11. The molecule has 0 amide bonds. The number of methoxy groups -OCH3 is 2. The van der Waals surface area contributed by atoms with Gasteiger partial charge in [0.25, 0.3) is 0 Å². The zero-order valence-corrected chi connectivity index (χ0v) is 11.1. The first-order valence-electron chi connectivity index (χ1n) is 6.32. The Hall–Kier alpha value is -1.46. The number of benzene rings is 1. The predicted octanol–water partition coefficient (Wildman–Crippen LogP) is 1.32. The SMILES string of the molecule is COc1cc(C23COCC2COC3)cc(OC)c1O. The van der Waals surface area contributed by atoms with Crippen LogP contribution >= 0.6 is 0 Å². The van der Waals surface area contributed by atoms with E-state index >= 15 is 0 Å². The number of fused-ring (bicyclic) bond motifs is 1. The third-order valence-corrected chi connectivity index (χ3v) is 4.19. The minimum Gasteiger partial charge on any atom is -0.502 e. The molecule has 0 unspecified atom stereocenters. The molecule has 5 heteroatoms. The van der Waals surface area contributed by atoms with Crippen LogP contribution in [0.1, 0.15) is 5.56 Å². The molecule has 1 aromatic rings. The second-order valence-corrected chi connectivity index (χ2v) is 5.11. The van der Waals surface area contributed by atoms with Gasteiger partial charge in [0.15, 0.2) is 11.5 Å². The first kappa shape index (κ1) is 12.6. The third-order valence-electron chi connectivity index (χ3n) is 4.19. The van der Waals surface area contributed by atoms with E-state index < -0.39 is 0 Å². The van der Waals surface area contributed by atoms with Crippen molar-refractivity contribution in [3.05, 3.63) is 17.7 Å². The van der Waals surface area contributed by atoms with E-state index in [1.54, 1.807) is 0 Å². The van der Waals surface area contributed by atoms with Crippen LogP contribution < -0.4 is 9.47 Å². The lowest BCUT2D eigenvalue weighted by Gasteiger charge is -2.27. The number of rotatable bonds is 3. The summed E-state index contributed by atoms with van der Waals surface area (Å²) < 4.78 is 21.7. The molecule has 0 spiro atoms. The minimum absolute atomic E-state index is 0.0273. The van der Waals surface area contributed by atoms with Crippen molar-refractivity contribution in [3.63, 3.8) is 0 Å². The molecule has 2 aliphatic rings. The normalized spacial score (nSPS) is 29.3. The molecular weight excluding hydrogens is 248 g/mol. The largest absolute Gasteiger partial charge is 0.502 e. The summed E-state index contributed by atoms with van der Waals surface area (Å²) in [4.78, 5) is 0. The maximum Gasteiger partial charge on any atom is 0.200 e. The summed E-state index contributed by atoms with van der Waals surface area (Å²) in [6, 6.07) is 3.71. The van der Waals surface area contributed by atoms with Crippen molar-refractivity contribution < 1.29 is 24.1 Å². The average Bonchev–Trinajstić information content (AvgIpc) is 2.99. The van der Waals surface area contributed by atoms with Gasteiger partial charge in [0.2, 0.25) is 5.75 Å². The van der Waals surface area contributed by atoms with Crippen molar-refractivity contribution in [2.75, 3.05) is 40.6 Å². The molecule has 0 saturated carbocycles. The van der Waals surface area contributed by atoms with Gasteiger partial charge in [-0.3, -0.25) is 0 Å². The fraction of sp³-hybridized carbons (Fsp3) is 0.571. The summed E-state index contributed by atoms with van der Waals surface area (Å²) >= 11 is 0. The summed E-state index contributed by atoms with van der Waals surface area (Å²) in [5, 5.41) is 9.98. The van der Waals surface area contributed by atoms with E-state index in [0.29, 0.717) is 43.8 Å². The summed E-state index contributed by atoms with van der Waals surface area (Å²) in [6.45, 7) is 2.69. The Morgan fingerprint density at radius 2 is 1.63 bits per heavy atom. The number of hydrogen-bond acceptors (Lipinski definition) is 5. The van der Waals surface area contributed by atoms with Crippen molar-refractivity contribution in [1.29, 1.82) is 0 Å². The molecule has 2 aliphatic heterocycles. The molecule has 0 aliphatic carbocycles. The van der Waals surface area contributed by atoms with E-state index in [4.69, 9.17) is 18.9 Å². The van der Waals surface area contributed by atoms with E-state index in [1.807, 2.05) is 12.1 Å². The number of hydrogen-bond donors (Lipinski definition) is 1. The zero-order chi connectivity index (χ0) is 13.5. The van der Waals surface area contributed by atoms with Crippen LogP contribution in [0.5, 0.6) is 17.2 Å². The topological polar surface area (TPSA) is 57.2 Å². The van der Waals surface area contributed by atoms with Crippen molar-refractivity contribution in [2.45, 2.75) is 5.41 Å². The monoisotopic (exact) mass is 266 g/mol. The number of ether oxygens (including phenoxy) is 4. The van der Waals surface area contributed by atoms with Crippen molar-refractivity contribution in [2.24, 2.45) is 5.92 Å². The molecule has 0 bridgehead atoms. The van der Waals surface area contributed by atoms with E-state index in [9.17, 15) is 5.11 Å². The van der Waals surface area contributed by atoms with Crippen LogP contribution in [0, 0.1) is 5.92 Å². The van der Waals surface area contributed by atoms with E-state index in [-0.39, 0.29) is 11.2 Å². The van der Waals surface area contributed by atoms with Crippen LogP contribution in [-0.2, 0) is 14.9 Å². The highest BCUT2D eigenvalue weighted by Crippen LogP contribution is 2.47. The van der Waals surface area contributed by atoms with Crippen LogP contribution in [0.3, 0.4) is 0 Å². The van der Waals surface area contributed by atoms with Gasteiger partial charge in [-0.2, -0.15) is 0 Å². The molecule has 104 valence electrons. The lowest BCUT2D eigenvalue weighted by molar-refractivity contribution is 0.101. The Morgan fingerprint density at radius 3 is 2.11 bits per heavy atom. The van der Waals surface area contributed by atoms with Crippen molar-refractivity contribution in [1.82, 2.24) is 0 Å². The van der Waals surface area contributed by atoms with Crippen LogP contribution in [0.15, 0.2) is 12.1 Å². The molecule has 0 aromatic heterocycles. The molecule has 0 atom stereocenters. The lowest BCUT2D eigenvalue weighted by Crippen LogP contribution is -2.33. The molecule has 3 rings (SSSR count). The highest BCUT2D eigenvalue weighted by atomic mass is 16.5. The molecule has 1 aromatic carbocycles. The molecule has 5 nitrogen and oxygen atoms in total. The quantitative estimate of drug-likeness (QED) is 0.894. The zero-order valence-electron chi connectivity index (χ0n) is 11.1. The van der Waals surface area contributed by atoms with Gasteiger partial charge in [-0.25, -0.2) is 0 Å². The lowest BCUT2D eigenvalue weighted by atomic mass is 9.75. The Morgan fingerprint density at radius 1 is 1.11 bits per heavy atom. The maximum absolute atomic E-state index is 9.98. The maximum atomic E-state index is 9.98. The van der Waals surface area contributed by atoms with Gasteiger partial charge in [-0.1, -0.05) is 0 Å². The third kappa shape index (κ3) is 1.76. The smallest absolute Gasteiger partial charge is 0.200 e. The first-order chi connectivity index (χ1) is 9.21. The molecule has 19 heavy (non-hydrogen) atoms. The summed E-state index contributed by atoms with van der Waals surface area (Å²) in [6.07, 6.45) is 0. The first-order valence-corrected chi connectivity index (χ1v) is 6.32. The van der Waals surface area contributed by atoms with E-state index in [2.05, 4.69) is 0 Å². The van der Waals surface area contributed by atoms with Crippen LogP contribution in [0.4, 0.5) is 0 Å². The van der Waals surface area contributed by atoms with Gasteiger partial charge in [0, 0.05) is 11.3 Å². The fourth-order valence-electron chi connectivity index (χ4n) is 2.99. The van der Waals surface area contributed by atoms with Gasteiger partial charge in [0.05, 0.1) is 40.6 Å². The van der Waals surface area contributed by atoms with Crippen molar-refractivity contribution in [3.8, 4) is 17.2 Å². The summed E-state index contributed by atoms with van der Waals surface area (Å²) in [5.41, 5.74) is 0.896. The fourth-order valence-corrected chi connectivity index (χ4v) is 2.99. The Labute approximate surface area is 112 Å². The second kappa shape index (κ2) is 4.58. The van der Waals surface area contributed by atoms with Crippen LogP contribution in [0.2, 0.25) is 0 Å². The van der Waals surface area contributed by atoms with Crippen molar-refractivity contribution >= 4 is 0 Å². The summed E-state index contributed by atoms with van der Waals surface area (Å²) in [7, 11) is 3.06.